The zero-order chi connectivity index (χ0) is 15.2. The number of carboxylic acids is 1. The van der Waals surface area contributed by atoms with E-state index in [1.54, 1.807) is 12.3 Å². The van der Waals surface area contributed by atoms with Crippen molar-refractivity contribution in [2.45, 2.75) is 19.9 Å². The van der Waals surface area contributed by atoms with E-state index in [2.05, 4.69) is 4.98 Å². The van der Waals surface area contributed by atoms with Crippen LogP contribution in [-0.4, -0.2) is 22.6 Å². The van der Waals surface area contributed by atoms with Crippen molar-refractivity contribution < 1.29 is 9.90 Å². The molecule has 1 heterocycles. The highest BCUT2D eigenvalue weighted by Gasteiger charge is 2.12. The molecule has 5 heteroatoms. The van der Waals surface area contributed by atoms with Crippen LogP contribution in [0.15, 0.2) is 42.6 Å². The first kappa shape index (κ1) is 15.3. The maximum atomic E-state index is 10.8. The van der Waals surface area contributed by atoms with E-state index in [0.717, 1.165) is 11.4 Å². The lowest BCUT2D eigenvalue weighted by atomic mass is 10.1. The Morgan fingerprint density at radius 1 is 1.29 bits per heavy atom. The third kappa shape index (κ3) is 4.46. The van der Waals surface area contributed by atoms with Crippen molar-refractivity contribution in [2.75, 3.05) is 11.4 Å². The number of hydrogen-bond acceptors (Lipinski definition) is 3. The molecule has 0 unspecified atom stereocenters. The first-order valence-corrected chi connectivity index (χ1v) is 7.07. The molecule has 2 rings (SSSR count). The summed E-state index contributed by atoms with van der Waals surface area (Å²) in [7, 11) is 0. The zero-order valence-electron chi connectivity index (χ0n) is 11.8. The third-order valence-corrected chi connectivity index (χ3v) is 3.48. The number of aromatic nitrogens is 1. The van der Waals surface area contributed by atoms with Crippen molar-refractivity contribution >= 4 is 23.4 Å². The predicted octanol–water partition coefficient (Wildman–Crippen LogP) is 3.52. The quantitative estimate of drug-likeness (QED) is 0.887. The summed E-state index contributed by atoms with van der Waals surface area (Å²) in [5.41, 5.74) is 2.33. The SMILES string of the molecule is Cc1ccccc1CN(CCC(=O)O)c1ccc(Cl)cn1. The third-order valence-electron chi connectivity index (χ3n) is 3.25. The van der Waals surface area contributed by atoms with Gasteiger partial charge in [0.05, 0.1) is 11.4 Å². The molecule has 0 spiro atoms. The molecule has 4 nitrogen and oxygen atoms in total. The van der Waals surface area contributed by atoms with Crippen molar-refractivity contribution in [3.63, 3.8) is 0 Å². The van der Waals surface area contributed by atoms with Gasteiger partial charge in [-0.05, 0) is 30.2 Å². The summed E-state index contributed by atoms with van der Waals surface area (Å²) in [4.78, 5) is 17.1. The number of aliphatic carboxylic acids is 1. The molecule has 0 saturated heterocycles. The molecule has 1 aromatic heterocycles. The minimum atomic E-state index is -0.821. The summed E-state index contributed by atoms with van der Waals surface area (Å²) < 4.78 is 0. The van der Waals surface area contributed by atoms with Crippen molar-refractivity contribution in [3.8, 4) is 0 Å². The minimum absolute atomic E-state index is 0.0657. The minimum Gasteiger partial charge on any atom is -0.481 e. The first-order chi connectivity index (χ1) is 10.1. The highest BCUT2D eigenvalue weighted by atomic mass is 35.5. The van der Waals surface area contributed by atoms with E-state index in [4.69, 9.17) is 16.7 Å². The Bertz CT molecular complexity index is 614. The lowest BCUT2D eigenvalue weighted by Gasteiger charge is -2.24. The molecule has 1 N–H and O–H groups in total. The second kappa shape index (κ2) is 7.09. The van der Waals surface area contributed by atoms with Crippen LogP contribution in [0.4, 0.5) is 5.82 Å². The van der Waals surface area contributed by atoms with Crippen LogP contribution in [0.2, 0.25) is 5.02 Å². The van der Waals surface area contributed by atoms with E-state index in [1.165, 1.54) is 5.56 Å². The van der Waals surface area contributed by atoms with Gasteiger partial charge in [0, 0.05) is 19.3 Å². The molecule has 0 saturated carbocycles. The second-order valence-corrected chi connectivity index (χ2v) is 5.26. The summed E-state index contributed by atoms with van der Waals surface area (Å²) in [6.45, 7) is 3.06. The van der Waals surface area contributed by atoms with Crippen LogP contribution in [0.1, 0.15) is 17.5 Å². The smallest absolute Gasteiger partial charge is 0.305 e. The van der Waals surface area contributed by atoms with Gasteiger partial charge in [-0.15, -0.1) is 0 Å². The molecule has 0 aliphatic heterocycles. The monoisotopic (exact) mass is 304 g/mol. The highest BCUT2D eigenvalue weighted by molar-refractivity contribution is 6.30. The summed E-state index contributed by atoms with van der Waals surface area (Å²) in [6, 6.07) is 11.6. The van der Waals surface area contributed by atoms with Gasteiger partial charge in [-0.3, -0.25) is 4.79 Å². The molecule has 0 fully saturated rings. The van der Waals surface area contributed by atoms with Crippen molar-refractivity contribution in [3.05, 3.63) is 58.7 Å². The Hall–Kier alpha value is -2.07. The zero-order valence-corrected chi connectivity index (χ0v) is 12.5. The van der Waals surface area contributed by atoms with Gasteiger partial charge in [0.25, 0.3) is 0 Å². The van der Waals surface area contributed by atoms with Crippen molar-refractivity contribution in [2.24, 2.45) is 0 Å². The van der Waals surface area contributed by atoms with Crippen LogP contribution >= 0.6 is 11.6 Å². The van der Waals surface area contributed by atoms with Gasteiger partial charge in [-0.2, -0.15) is 0 Å². The molecule has 1 aromatic carbocycles. The van der Waals surface area contributed by atoms with Gasteiger partial charge in [0.15, 0.2) is 0 Å². The number of rotatable bonds is 6. The largest absolute Gasteiger partial charge is 0.481 e. The Morgan fingerprint density at radius 2 is 2.05 bits per heavy atom. The summed E-state index contributed by atoms with van der Waals surface area (Å²) >= 11 is 5.85. The highest BCUT2D eigenvalue weighted by Crippen LogP contribution is 2.19. The molecular formula is C16H17ClN2O2. The fraction of sp³-hybridized carbons (Fsp3) is 0.250. The second-order valence-electron chi connectivity index (χ2n) is 4.83. The maximum Gasteiger partial charge on any atom is 0.305 e. The number of aryl methyl sites for hydroxylation is 1. The van der Waals surface area contributed by atoms with E-state index < -0.39 is 5.97 Å². The topological polar surface area (TPSA) is 53.4 Å². The van der Waals surface area contributed by atoms with Gasteiger partial charge < -0.3 is 10.0 Å². The lowest BCUT2D eigenvalue weighted by molar-refractivity contribution is -0.136. The summed E-state index contributed by atoms with van der Waals surface area (Å²) in [6.07, 6.45) is 1.64. The maximum absolute atomic E-state index is 10.8. The van der Waals surface area contributed by atoms with Crippen molar-refractivity contribution in [1.29, 1.82) is 0 Å². The summed E-state index contributed by atoms with van der Waals surface area (Å²) in [5.74, 6) is -0.0948. The van der Waals surface area contributed by atoms with Gasteiger partial charge in [0.2, 0.25) is 0 Å². The molecule has 0 amide bonds. The normalized spacial score (nSPS) is 10.4. The number of carbonyl (C=O) groups is 1. The molecule has 0 aliphatic rings. The van der Waals surface area contributed by atoms with Crippen LogP contribution in [0.25, 0.3) is 0 Å². The Morgan fingerprint density at radius 3 is 2.67 bits per heavy atom. The van der Waals surface area contributed by atoms with E-state index >= 15 is 0 Å². The van der Waals surface area contributed by atoms with E-state index in [1.807, 2.05) is 42.2 Å². The Labute approximate surface area is 129 Å². The molecule has 21 heavy (non-hydrogen) atoms. The molecule has 0 atom stereocenters. The van der Waals surface area contributed by atoms with E-state index in [0.29, 0.717) is 18.1 Å². The van der Waals surface area contributed by atoms with Crippen LogP contribution in [0, 0.1) is 6.92 Å². The molecular weight excluding hydrogens is 288 g/mol. The molecule has 0 aliphatic carbocycles. The van der Waals surface area contributed by atoms with Gasteiger partial charge in [-0.25, -0.2) is 4.98 Å². The van der Waals surface area contributed by atoms with Gasteiger partial charge in [-0.1, -0.05) is 35.9 Å². The number of benzene rings is 1. The molecule has 110 valence electrons. The lowest BCUT2D eigenvalue weighted by Crippen LogP contribution is -2.26. The number of anilines is 1. The van der Waals surface area contributed by atoms with Crippen molar-refractivity contribution in [1.82, 2.24) is 4.98 Å². The first-order valence-electron chi connectivity index (χ1n) is 6.69. The number of carboxylic acid groups (broad SMARTS) is 1. The van der Waals surface area contributed by atoms with Crippen LogP contribution in [-0.2, 0) is 11.3 Å². The number of hydrogen-bond donors (Lipinski definition) is 1. The molecule has 2 aromatic rings. The van der Waals surface area contributed by atoms with E-state index in [-0.39, 0.29) is 6.42 Å². The van der Waals surface area contributed by atoms with Crippen LogP contribution in [0.5, 0.6) is 0 Å². The fourth-order valence-corrected chi connectivity index (χ4v) is 2.17. The van der Waals surface area contributed by atoms with Gasteiger partial charge in [0.1, 0.15) is 5.82 Å². The molecule has 0 radical (unpaired) electrons. The standard InChI is InChI=1S/C16H17ClN2O2/c1-12-4-2-3-5-13(12)11-19(9-8-16(20)21)15-7-6-14(17)10-18-15/h2-7,10H,8-9,11H2,1H3,(H,20,21). The number of nitrogens with zero attached hydrogens (tertiary/aromatic N) is 2. The average Bonchev–Trinajstić information content (AvgIpc) is 2.46. The summed E-state index contributed by atoms with van der Waals surface area (Å²) in [5, 5.41) is 9.47. The predicted molar refractivity (Wildman–Crippen MR) is 83.7 cm³/mol. The van der Waals surface area contributed by atoms with E-state index in [9.17, 15) is 4.79 Å². The van der Waals surface area contributed by atoms with Gasteiger partial charge >= 0.3 is 5.97 Å². The Kier molecular flexibility index (Phi) is 5.17. The fourth-order valence-electron chi connectivity index (χ4n) is 2.05. The van der Waals surface area contributed by atoms with Crippen LogP contribution < -0.4 is 4.90 Å². The Balaban J connectivity index is 2.21. The van der Waals surface area contributed by atoms with Crippen LogP contribution in [0.3, 0.4) is 0 Å². The average molecular weight is 305 g/mol. The number of pyridine rings is 1. The number of halogens is 1. The molecule has 0 bridgehead atoms.